The predicted octanol–water partition coefficient (Wildman–Crippen LogP) is 0.918. The molecule has 9 heteroatoms. The second kappa shape index (κ2) is 8.26. The van der Waals surface area contributed by atoms with Gasteiger partial charge in [-0.05, 0) is 43.6 Å². The number of nitrogens with one attached hydrogen (secondary N) is 1. The molecule has 0 aliphatic carbocycles. The van der Waals surface area contributed by atoms with E-state index in [1.165, 1.54) is 12.1 Å². The van der Waals surface area contributed by atoms with Gasteiger partial charge in [-0.1, -0.05) is 17.7 Å². The fraction of sp³-hybridized carbons (Fsp3) is 0.438. The van der Waals surface area contributed by atoms with E-state index in [2.05, 4.69) is 5.32 Å². The zero-order chi connectivity index (χ0) is 18.6. The number of likely N-dealkylation sites (tertiary alicyclic amines) is 1. The van der Waals surface area contributed by atoms with Crippen molar-refractivity contribution in [3.05, 3.63) is 34.6 Å². The molecule has 2 amide bonds. The van der Waals surface area contributed by atoms with E-state index in [0.717, 1.165) is 6.07 Å². The molecular formula is C16H19ClFN3O4. The van der Waals surface area contributed by atoms with E-state index in [1.807, 2.05) is 4.90 Å². The quantitative estimate of drug-likeness (QED) is 0.688. The molecular weight excluding hydrogens is 353 g/mol. The van der Waals surface area contributed by atoms with Crippen molar-refractivity contribution in [2.24, 2.45) is 11.7 Å². The zero-order valence-corrected chi connectivity index (χ0v) is 14.1. The average Bonchev–Trinajstić information content (AvgIpc) is 2.55. The van der Waals surface area contributed by atoms with Crippen LogP contribution in [-0.4, -0.2) is 47.4 Å². The van der Waals surface area contributed by atoms with Crippen LogP contribution in [0.2, 0.25) is 5.02 Å². The van der Waals surface area contributed by atoms with Crippen LogP contribution in [0.5, 0.6) is 0 Å². The highest BCUT2D eigenvalue weighted by Crippen LogP contribution is 2.23. The Labute approximate surface area is 148 Å². The van der Waals surface area contributed by atoms with Crippen LogP contribution in [0.3, 0.4) is 0 Å². The van der Waals surface area contributed by atoms with Gasteiger partial charge in [-0.2, -0.15) is 0 Å². The molecule has 0 radical (unpaired) electrons. The van der Waals surface area contributed by atoms with E-state index in [9.17, 15) is 23.9 Å². The number of nitrogens with two attached hydrogens (primary N) is 1. The molecule has 1 aromatic carbocycles. The third-order valence-electron chi connectivity index (χ3n) is 4.15. The maximum Gasteiger partial charge on any atom is 0.330 e. The Morgan fingerprint density at radius 2 is 2.00 bits per heavy atom. The number of amides is 2. The van der Waals surface area contributed by atoms with Crippen LogP contribution >= 0.6 is 11.6 Å². The molecule has 25 heavy (non-hydrogen) atoms. The first-order chi connectivity index (χ1) is 11.8. The fourth-order valence-corrected chi connectivity index (χ4v) is 3.00. The van der Waals surface area contributed by atoms with Gasteiger partial charge < -0.3 is 16.2 Å². The van der Waals surface area contributed by atoms with Gasteiger partial charge in [-0.15, -0.1) is 0 Å². The van der Waals surface area contributed by atoms with Crippen molar-refractivity contribution < 1.29 is 23.9 Å². The molecule has 1 saturated heterocycles. The number of benzene rings is 1. The van der Waals surface area contributed by atoms with Crippen molar-refractivity contribution in [1.29, 1.82) is 0 Å². The van der Waals surface area contributed by atoms with Gasteiger partial charge in [-0.3, -0.25) is 14.5 Å². The third-order valence-corrected chi connectivity index (χ3v) is 4.44. The summed E-state index contributed by atoms with van der Waals surface area (Å²) in [6, 6.07) is 2.21. The molecule has 1 heterocycles. The Morgan fingerprint density at radius 1 is 1.36 bits per heavy atom. The molecule has 1 atom stereocenters. The number of aliphatic carboxylic acids is 1. The lowest BCUT2D eigenvalue weighted by molar-refractivity contribution is -0.143. The molecule has 2 rings (SSSR count). The number of carboxylic acid groups (broad SMARTS) is 1. The van der Waals surface area contributed by atoms with Crippen molar-refractivity contribution in [3.8, 4) is 0 Å². The number of carboxylic acids is 1. The predicted molar refractivity (Wildman–Crippen MR) is 88.3 cm³/mol. The van der Waals surface area contributed by atoms with Crippen molar-refractivity contribution in [2.45, 2.75) is 18.9 Å². The van der Waals surface area contributed by atoms with E-state index in [-0.39, 0.29) is 23.0 Å². The van der Waals surface area contributed by atoms with Gasteiger partial charge in [0.15, 0.2) is 6.04 Å². The summed E-state index contributed by atoms with van der Waals surface area (Å²) in [5.74, 6) is -3.11. The summed E-state index contributed by atoms with van der Waals surface area (Å²) in [5.41, 5.74) is 5.33. The lowest BCUT2D eigenvalue weighted by atomic mass is 9.95. The van der Waals surface area contributed by atoms with Gasteiger partial charge in [0.05, 0.1) is 11.6 Å². The number of hydrogen-bond acceptors (Lipinski definition) is 4. The number of carbonyl (C=O) groups excluding carboxylic acids is 2. The summed E-state index contributed by atoms with van der Waals surface area (Å²) in [7, 11) is 0. The smallest absolute Gasteiger partial charge is 0.330 e. The summed E-state index contributed by atoms with van der Waals surface area (Å²) in [6.07, 6.45) is 0.991. The Morgan fingerprint density at radius 3 is 2.52 bits per heavy atom. The first-order valence-corrected chi connectivity index (χ1v) is 8.14. The molecule has 1 aliphatic rings. The summed E-state index contributed by atoms with van der Waals surface area (Å²) in [4.78, 5) is 36.6. The van der Waals surface area contributed by atoms with E-state index in [4.69, 9.17) is 17.3 Å². The van der Waals surface area contributed by atoms with Crippen LogP contribution < -0.4 is 11.1 Å². The normalized spacial score (nSPS) is 17.0. The third kappa shape index (κ3) is 5.14. The fourth-order valence-electron chi connectivity index (χ4n) is 2.81. The Balaban J connectivity index is 2.00. The van der Waals surface area contributed by atoms with E-state index in [0.29, 0.717) is 25.9 Å². The maximum atomic E-state index is 13.2. The first-order valence-electron chi connectivity index (χ1n) is 7.76. The van der Waals surface area contributed by atoms with E-state index < -0.39 is 29.6 Å². The van der Waals surface area contributed by atoms with Crippen LogP contribution in [-0.2, 0) is 14.4 Å². The number of hydrogen-bond donors (Lipinski definition) is 3. The second-order valence-electron chi connectivity index (χ2n) is 5.97. The minimum Gasteiger partial charge on any atom is -0.479 e. The number of carbonyl (C=O) groups is 3. The lowest BCUT2D eigenvalue weighted by Gasteiger charge is -2.30. The number of rotatable bonds is 6. The van der Waals surface area contributed by atoms with E-state index in [1.54, 1.807) is 0 Å². The Bertz CT molecular complexity index is 677. The topological polar surface area (TPSA) is 113 Å². The van der Waals surface area contributed by atoms with Gasteiger partial charge in [0.25, 0.3) is 0 Å². The zero-order valence-electron chi connectivity index (χ0n) is 13.4. The van der Waals surface area contributed by atoms with Crippen LogP contribution in [0.4, 0.5) is 4.39 Å². The molecule has 136 valence electrons. The summed E-state index contributed by atoms with van der Waals surface area (Å²) >= 11 is 5.68. The molecule has 0 aromatic heterocycles. The lowest BCUT2D eigenvalue weighted by Crippen LogP contribution is -2.45. The van der Waals surface area contributed by atoms with E-state index >= 15 is 0 Å². The first kappa shape index (κ1) is 19.1. The standard InChI is InChI=1S/C16H19ClFN3O4/c17-11-7-10(1-2-12(11)18)14(16(24)25)20-15(23)9-3-5-21(6-4-9)8-13(19)22/h1-2,7,9,14H,3-6,8H2,(H2,19,22)(H,20,23)(H,24,25)/t14-/m1/s1. The van der Waals surface area contributed by atoms with Gasteiger partial charge in [0, 0.05) is 5.92 Å². The molecule has 0 unspecified atom stereocenters. The van der Waals surface area contributed by atoms with Gasteiger partial charge in [0.2, 0.25) is 11.8 Å². The van der Waals surface area contributed by atoms with Gasteiger partial charge in [0.1, 0.15) is 5.82 Å². The monoisotopic (exact) mass is 371 g/mol. The molecule has 7 nitrogen and oxygen atoms in total. The number of primary amides is 1. The molecule has 0 bridgehead atoms. The minimum atomic E-state index is -1.31. The van der Waals surface area contributed by atoms with Crippen molar-refractivity contribution >= 4 is 29.4 Å². The molecule has 1 fully saturated rings. The minimum absolute atomic E-state index is 0.139. The Hall–Kier alpha value is -2.19. The van der Waals surface area contributed by atoms with Crippen LogP contribution in [0.25, 0.3) is 0 Å². The van der Waals surface area contributed by atoms with Gasteiger partial charge in [-0.25, -0.2) is 9.18 Å². The molecule has 0 saturated carbocycles. The number of halogens is 2. The second-order valence-corrected chi connectivity index (χ2v) is 6.38. The number of nitrogens with zero attached hydrogens (tertiary/aromatic N) is 1. The summed E-state index contributed by atoms with van der Waals surface area (Å²) in [5, 5.41) is 11.6. The Kier molecular flexibility index (Phi) is 6.33. The van der Waals surface area contributed by atoms with Crippen LogP contribution in [0.15, 0.2) is 18.2 Å². The van der Waals surface area contributed by atoms with Crippen molar-refractivity contribution in [3.63, 3.8) is 0 Å². The highest BCUT2D eigenvalue weighted by atomic mass is 35.5. The number of piperidine rings is 1. The van der Waals surface area contributed by atoms with Gasteiger partial charge >= 0.3 is 5.97 Å². The molecule has 0 spiro atoms. The molecule has 1 aromatic rings. The average molecular weight is 372 g/mol. The highest BCUT2D eigenvalue weighted by molar-refractivity contribution is 6.30. The maximum absolute atomic E-state index is 13.2. The molecule has 4 N–H and O–H groups in total. The van der Waals surface area contributed by atoms with Crippen LogP contribution in [0, 0.1) is 11.7 Å². The van der Waals surface area contributed by atoms with Crippen molar-refractivity contribution in [2.75, 3.05) is 19.6 Å². The summed E-state index contributed by atoms with van der Waals surface area (Å²) in [6.45, 7) is 1.20. The van der Waals surface area contributed by atoms with Crippen LogP contribution in [0.1, 0.15) is 24.4 Å². The summed E-state index contributed by atoms with van der Waals surface area (Å²) < 4.78 is 13.2. The molecule has 1 aliphatic heterocycles. The largest absolute Gasteiger partial charge is 0.479 e. The van der Waals surface area contributed by atoms with Crippen molar-refractivity contribution in [1.82, 2.24) is 10.2 Å². The highest BCUT2D eigenvalue weighted by Gasteiger charge is 2.30. The SMILES string of the molecule is NC(=O)CN1CCC(C(=O)N[C@@H](C(=O)O)c2ccc(F)c(Cl)c2)CC1.